The largest absolute Gasteiger partial charge is 0.496 e. The van der Waals surface area contributed by atoms with Gasteiger partial charge in [-0.1, -0.05) is 23.3 Å². The molecule has 0 heterocycles. The Labute approximate surface area is 115 Å². The first kappa shape index (κ1) is 15.3. The Morgan fingerprint density at radius 3 is 2.58 bits per heavy atom. The number of hydrogen-bond donors (Lipinski definition) is 0. The van der Waals surface area contributed by atoms with Crippen molar-refractivity contribution in [1.29, 1.82) is 0 Å². The smallest absolute Gasteiger partial charge is 0.330 e. The van der Waals surface area contributed by atoms with Crippen molar-refractivity contribution in [2.75, 3.05) is 13.7 Å². The summed E-state index contributed by atoms with van der Waals surface area (Å²) in [5.74, 6) is 0.602. The molecule has 104 valence electrons. The van der Waals surface area contributed by atoms with Crippen molar-refractivity contribution in [3.8, 4) is 5.75 Å². The minimum atomic E-state index is -0.289. The van der Waals surface area contributed by atoms with Crippen LogP contribution in [0.1, 0.15) is 30.5 Å². The lowest BCUT2D eigenvalue weighted by molar-refractivity contribution is -0.137. The Kier molecular flexibility index (Phi) is 5.61. The van der Waals surface area contributed by atoms with Gasteiger partial charge >= 0.3 is 5.97 Å². The van der Waals surface area contributed by atoms with Gasteiger partial charge in [-0.05, 0) is 45.2 Å². The van der Waals surface area contributed by atoms with Crippen molar-refractivity contribution in [3.63, 3.8) is 0 Å². The number of hydrogen-bond acceptors (Lipinski definition) is 3. The second-order valence-electron chi connectivity index (χ2n) is 4.69. The van der Waals surface area contributed by atoms with Crippen LogP contribution in [-0.4, -0.2) is 19.7 Å². The van der Waals surface area contributed by atoms with E-state index in [2.05, 4.69) is 19.1 Å². The monoisotopic (exact) mass is 262 g/mol. The van der Waals surface area contributed by atoms with Gasteiger partial charge in [0.25, 0.3) is 0 Å². The molecule has 0 spiro atoms. The number of benzene rings is 1. The molecule has 3 nitrogen and oxygen atoms in total. The van der Waals surface area contributed by atoms with Crippen molar-refractivity contribution in [2.45, 2.75) is 34.1 Å². The molecule has 0 bridgehead atoms. The van der Waals surface area contributed by atoms with E-state index in [9.17, 15) is 4.79 Å². The zero-order chi connectivity index (χ0) is 14.4. The summed E-state index contributed by atoms with van der Waals surface area (Å²) in [4.78, 5) is 11.4. The molecule has 1 aromatic carbocycles. The van der Waals surface area contributed by atoms with E-state index in [4.69, 9.17) is 9.47 Å². The van der Waals surface area contributed by atoms with E-state index in [0.29, 0.717) is 13.0 Å². The Morgan fingerprint density at radius 2 is 2.00 bits per heavy atom. The molecule has 0 aliphatic carbocycles. The van der Waals surface area contributed by atoms with Crippen LogP contribution in [0.25, 0.3) is 0 Å². The van der Waals surface area contributed by atoms with E-state index in [1.54, 1.807) is 20.1 Å². The van der Waals surface area contributed by atoms with Crippen LogP contribution < -0.4 is 4.74 Å². The van der Waals surface area contributed by atoms with Gasteiger partial charge in [-0.15, -0.1) is 0 Å². The molecule has 1 rings (SSSR count). The molecule has 0 aromatic heterocycles. The summed E-state index contributed by atoms with van der Waals surface area (Å²) < 4.78 is 10.3. The van der Waals surface area contributed by atoms with E-state index in [1.807, 2.05) is 13.8 Å². The summed E-state index contributed by atoms with van der Waals surface area (Å²) in [7, 11) is 1.67. The predicted molar refractivity (Wildman–Crippen MR) is 76.6 cm³/mol. The molecular formula is C16H22O3. The van der Waals surface area contributed by atoms with Crippen LogP contribution in [0.15, 0.2) is 23.8 Å². The standard InChI is InChI=1S/C16H22O3/c1-6-19-15(17)10-12(3)9-14-8-11(2)7-13(4)16(14)18-5/h7-8,10H,6,9H2,1-5H3/b12-10+. The van der Waals surface area contributed by atoms with Crippen molar-refractivity contribution in [1.82, 2.24) is 0 Å². The molecule has 0 unspecified atom stereocenters. The van der Waals surface area contributed by atoms with Crippen LogP contribution in [0, 0.1) is 13.8 Å². The molecule has 3 heteroatoms. The number of ether oxygens (including phenoxy) is 2. The number of methoxy groups -OCH3 is 1. The quantitative estimate of drug-likeness (QED) is 0.603. The lowest BCUT2D eigenvalue weighted by Crippen LogP contribution is -2.02. The molecule has 0 aliphatic rings. The van der Waals surface area contributed by atoms with E-state index < -0.39 is 0 Å². The summed E-state index contributed by atoms with van der Waals surface area (Å²) >= 11 is 0. The van der Waals surface area contributed by atoms with Crippen LogP contribution in [0.3, 0.4) is 0 Å². The third-order valence-corrected chi connectivity index (χ3v) is 2.82. The second-order valence-corrected chi connectivity index (χ2v) is 4.69. The van der Waals surface area contributed by atoms with Crippen LogP contribution >= 0.6 is 0 Å². The van der Waals surface area contributed by atoms with E-state index >= 15 is 0 Å². The fourth-order valence-corrected chi connectivity index (χ4v) is 2.20. The number of rotatable bonds is 5. The number of aryl methyl sites for hydroxylation is 2. The maximum atomic E-state index is 11.4. The molecule has 0 fully saturated rings. The molecule has 0 N–H and O–H groups in total. The Balaban J connectivity index is 2.96. The average Bonchev–Trinajstić information content (AvgIpc) is 2.28. The van der Waals surface area contributed by atoms with Crippen molar-refractivity contribution < 1.29 is 14.3 Å². The summed E-state index contributed by atoms with van der Waals surface area (Å²) in [5.41, 5.74) is 4.36. The highest BCUT2D eigenvalue weighted by Crippen LogP contribution is 2.27. The fourth-order valence-electron chi connectivity index (χ4n) is 2.20. The molecule has 0 saturated carbocycles. The fraction of sp³-hybridized carbons (Fsp3) is 0.438. The third-order valence-electron chi connectivity index (χ3n) is 2.82. The lowest BCUT2D eigenvalue weighted by Gasteiger charge is -2.13. The van der Waals surface area contributed by atoms with Crippen LogP contribution in [0.4, 0.5) is 0 Å². The molecule has 1 aromatic rings. The van der Waals surface area contributed by atoms with Gasteiger partial charge in [-0.25, -0.2) is 4.79 Å². The Bertz CT molecular complexity index is 487. The molecule has 0 radical (unpaired) electrons. The number of carbonyl (C=O) groups excluding carboxylic acids is 1. The third kappa shape index (κ3) is 4.43. The zero-order valence-electron chi connectivity index (χ0n) is 12.4. The Morgan fingerprint density at radius 1 is 1.32 bits per heavy atom. The predicted octanol–water partition coefficient (Wildman–Crippen LogP) is 3.36. The molecular weight excluding hydrogens is 240 g/mol. The number of carbonyl (C=O) groups is 1. The zero-order valence-corrected chi connectivity index (χ0v) is 12.4. The first-order valence-corrected chi connectivity index (χ1v) is 6.46. The molecule has 0 saturated heterocycles. The average molecular weight is 262 g/mol. The maximum absolute atomic E-state index is 11.4. The minimum Gasteiger partial charge on any atom is -0.496 e. The van der Waals surface area contributed by atoms with Gasteiger partial charge in [-0.3, -0.25) is 0 Å². The molecule has 0 atom stereocenters. The van der Waals surface area contributed by atoms with Gasteiger partial charge in [0.2, 0.25) is 0 Å². The van der Waals surface area contributed by atoms with Gasteiger partial charge in [0, 0.05) is 6.08 Å². The highest BCUT2D eigenvalue weighted by molar-refractivity contribution is 5.82. The van der Waals surface area contributed by atoms with E-state index in [1.165, 1.54) is 5.56 Å². The molecule has 19 heavy (non-hydrogen) atoms. The SMILES string of the molecule is CCOC(=O)/C=C(\C)Cc1cc(C)cc(C)c1OC. The Hall–Kier alpha value is -1.77. The number of esters is 1. The topological polar surface area (TPSA) is 35.5 Å². The lowest BCUT2D eigenvalue weighted by atomic mass is 9.99. The maximum Gasteiger partial charge on any atom is 0.330 e. The van der Waals surface area contributed by atoms with Crippen molar-refractivity contribution in [2.24, 2.45) is 0 Å². The van der Waals surface area contributed by atoms with E-state index in [-0.39, 0.29) is 5.97 Å². The van der Waals surface area contributed by atoms with Crippen LogP contribution in [0.2, 0.25) is 0 Å². The summed E-state index contributed by atoms with van der Waals surface area (Å²) in [6.45, 7) is 8.21. The second kappa shape index (κ2) is 6.98. The first-order chi connectivity index (χ1) is 8.97. The van der Waals surface area contributed by atoms with Crippen LogP contribution in [-0.2, 0) is 16.0 Å². The van der Waals surface area contributed by atoms with Gasteiger partial charge in [0.1, 0.15) is 5.75 Å². The van der Waals surface area contributed by atoms with Gasteiger partial charge in [-0.2, -0.15) is 0 Å². The minimum absolute atomic E-state index is 0.289. The molecule has 0 amide bonds. The summed E-state index contributed by atoms with van der Waals surface area (Å²) in [6, 6.07) is 4.18. The van der Waals surface area contributed by atoms with Crippen molar-refractivity contribution >= 4 is 5.97 Å². The highest BCUT2D eigenvalue weighted by atomic mass is 16.5. The highest BCUT2D eigenvalue weighted by Gasteiger charge is 2.09. The van der Waals surface area contributed by atoms with Crippen molar-refractivity contribution in [3.05, 3.63) is 40.5 Å². The summed E-state index contributed by atoms with van der Waals surface area (Å²) in [5, 5.41) is 0. The number of allylic oxidation sites excluding steroid dienone is 1. The van der Waals surface area contributed by atoms with Gasteiger partial charge < -0.3 is 9.47 Å². The summed E-state index contributed by atoms with van der Waals surface area (Å²) in [6.07, 6.45) is 2.23. The first-order valence-electron chi connectivity index (χ1n) is 6.46. The van der Waals surface area contributed by atoms with Gasteiger partial charge in [0.15, 0.2) is 0 Å². The van der Waals surface area contributed by atoms with Gasteiger partial charge in [0.05, 0.1) is 13.7 Å². The van der Waals surface area contributed by atoms with Crippen LogP contribution in [0.5, 0.6) is 5.75 Å². The molecule has 0 aliphatic heterocycles. The van der Waals surface area contributed by atoms with E-state index in [0.717, 1.165) is 22.4 Å². The normalized spacial score (nSPS) is 11.3.